The van der Waals surface area contributed by atoms with E-state index < -0.39 is 6.04 Å². The molecule has 2 fully saturated rings. The molecule has 3 amide bonds. The monoisotopic (exact) mass is 807 g/mol. The van der Waals surface area contributed by atoms with Gasteiger partial charge in [0.2, 0.25) is 11.8 Å². The van der Waals surface area contributed by atoms with Crippen molar-refractivity contribution in [2.45, 2.75) is 57.5 Å². The fourth-order valence-electron chi connectivity index (χ4n) is 7.85. The number of nitrogens with zero attached hydrogens (tertiary/aromatic N) is 2. The first-order chi connectivity index (χ1) is 26.3. The smallest absolute Gasteiger partial charge is 0.255 e. The number of hydrogen-bond acceptors (Lipinski definition) is 8. The van der Waals surface area contributed by atoms with E-state index in [1.165, 1.54) is 24.8 Å². The summed E-state index contributed by atoms with van der Waals surface area (Å²) in [5, 5.41) is 13.4. The molecule has 0 radical (unpaired) electrons. The Hall–Kier alpha value is -4.71. The number of rotatable bonds is 12. The van der Waals surface area contributed by atoms with E-state index in [-0.39, 0.29) is 29.9 Å². The van der Waals surface area contributed by atoms with Crippen molar-refractivity contribution < 1.29 is 29.0 Å². The third kappa shape index (κ3) is 8.04. The van der Waals surface area contributed by atoms with Gasteiger partial charge in [0.15, 0.2) is 5.75 Å². The van der Waals surface area contributed by atoms with Crippen LogP contribution in [0.5, 0.6) is 23.0 Å². The summed E-state index contributed by atoms with van der Waals surface area (Å²) in [5.41, 5.74) is 3.92. The number of benzene rings is 4. The summed E-state index contributed by atoms with van der Waals surface area (Å²) in [6.07, 6.45) is 6.28. The minimum Gasteiger partial charge on any atom is -0.508 e. The molecule has 5 aromatic rings. The van der Waals surface area contributed by atoms with Gasteiger partial charge in [0.25, 0.3) is 5.91 Å². The van der Waals surface area contributed by atoms with Crippen LogP contribution in [0.4, 0.5) is 0 Å². The first-order valence-electron chi connectivity index (χ1n) is 18.7. The number of nitrogens with one attached hydrogen (secondary N) is 1. The van der Waals surface area contributed by atoms with Crippen LogP contribution in [0.2, 0.25) is 0 Å². The molecule has 0 spiro atoms. The number of piperidine rings is 2. The Morgan fingerprint density at radius 2 is 1.67 bits per heavy atom. The van der Waals surface area contributed by atoms with E-state index in [1.54, 1.807) is 28.4 Å². The van der Waals surface area contributed by atoms with Crippen LogP contribution in [-0.4, -0.2) is 64.9 Å². The van der Waals surface area contributed by atoms with Gasteiger partial charge in [0.1, 0.15) is 29.9 Å². The van der Waals surface area contributed by atoms with Crippen molar-refractivity contribution in [1.29, 1.82) is 0 Å². The average molecular weight is 809 g/mol. The molecule has 1 atom stereocenters. The number of halogens is 1. The molecule has 8 rings (SSSR count). The molecule has 4 aromatic carbocycles. The van der Waals surface area contributed by atoms with Gasteiger partial charge in [-0.25, -0.2) is 0 Å². The summed E-state index contributed by atoms with van der Waals surface area (Å²) in [6, 6.07) is 26.8. The van der Waals surface area contributed by atoms with Gasteiger partial charge in [0, 0.05) is 39.6 Å². The Labute approximate surface area is 327 Å². The Bertz CT molecular complexity index is 2180. The Balaban J connectivity index is 0.769. The summed E-state index contributed by atoms with van der Waals surface area (Å²) >= 11 is 5.12. The molecule has 278 valence electrons. The molecule has 0 aliphatic carbocycles. The van der Waals surface area contributed by atoms with Gasteiger partial charge in [0.05, 0.1) is 4.88 Å². The van der Waals surface area contributed by atoms with E-state index in [1.807, 2.05) is 54.6 Å². The third-order valence-electron chi connectivity index (χ3n) is 10.8. The number of aryl methyl sites for hydroxylation is 1. The predicted molar refractivity (Wildman–Crippen MR) is 213 cm³/mol. The molecule has 0 saturated carbocycles. The zero-order chi connectivity index (χ0) is 37.2. The van der Waals surface area contributed by atoms with Crippen LogP contribution in [0.25, 0.3) is 20.5 Å². The lowest BCUT2D eigenvalue weighted by molar-refractivity contribution is -0.136. The number of amides is 3. The molecular formula is C43H42BrN3O6S. The van der Waals surface area contributed by atoms with Gasteiger partial charge in [-0.1, -0.05) is 46.6 Å². The minimum atomic E-state index is -0.578. The largest absolute Gasteiger partial charge is 0.508 e. The van der Waals surface area contributed by atoms with Gasteiger partial charge >= 0.3 is 0 Å². The number of aromatic hydroxyl groups is 1. The number of thiophene rings is 1. The first-order valence-corrected chi connectivity index (χ1v) is 20.3. The van der Waals surface area contributed by atoms with Crippen molar-refractivity contribution in [3.8, 4) is 33.4 Å². The molecule has 4 heterocycles. The summed E-state index contributed by atoms with van der Waals surface area (Å²) in [7, 11) is 0. The van der Waals surface area contributed by atoms with Crippen molar-refractivity contribution in [2.75, 3.05) is 26.2 Å². The van der Waals surface area contributed by atoms with E-state index in [9.17, 15) is 19.5 Å². The number of phenols is 1. The van der Waals surface area contributed by atoms with Crippen molar-refractivity contribution in [1.82, 2.24) is 15.1 Å². The van der Waals surface area contributed by atoms with E-state index in [2.05, 4.69) is 44.3 Å². The maximum atomic E-state index is 13.0. The Morgan fingerprint density at radius 3 is 2.44 bits per heavy atom. The number of ether oxygens (including phenoxy) is 2. The van der Waals surface area contributed by atoms with Crippen LogP contribution in [0, 0.1) is 5.92 Å². The topological polar surface area (TPSA) is 108 Å². The van der Waals surface area contributed by atoms with E-state index in [0.29, 0.717) is 31.1 Å². The highest BCUT2D eigenvalue weighted by molar-refractivity contribution is 9.10. The Morgan fingerprint density at radius 1 is 0.889 bits per heavy atom. The molecule has 3 aliphatic heterocycles. The van der Waals surface area contributed by atoms with Gasteiger partial charge in [-0.3, -0.25) is 24.6 Å². The number of carbonyl (C=O) groups is 3. The second-order valence-corrected chi connectivity index (χ2v) is 16.4. The van der Waals surface area contributed by atoms with Crippen molar-refractivity contribution >= 4 is 55.1 Å². The molecule has 2 saturated heterocycles. The zero-order valence-corrected chi connectivity index (χ0v) is 32.3. The molecule has 11 heteroatoms. The van der Waals surface area contributed by atoms with E-state index in [0.717, 1.165) is 80.3 Å². The number of likely N-dealkylation sites (tertiary alicyclic amines) is 1. The Kier molecular flexibility index (Phi) is 10.7. The van der Waals surface area contributed by atoms with Crippen LogP contribution in [0.15, 0.2) is 89.4 Å². The molecule has 1 unspecified atom stereocenters. The van der Waals surface area contributed by atoms with Crippen molar-refractivity contribution in [2.24, 2.45) is 5.92 Å². The number of imide groups is 1. The van der Waals surface area contributed by atoms with Gasteiger partial charge in [-0.05, 0) is 128 Å². The normalized spacial score (nSPS) is 17.9. The average Bonchev–Trinajstić information content (AvgIpc) is 3.69. The highest BCUT2D eigenvalue weighted by Crippen LogP contribution is 2.47. The third-order valence-corrected chi connectivity index (χ3v) is 12.5. The van der Waals surface area contributed by atoms with Crippen LogP contribution >= 0.6 is 27.3 Å². The number of hydrogen-bond donors (Lipinski definition) is 2. The fourth-order valence-corrected chi connectivity index (χ4v) is 9.28. The summed E-state index contributed by atoms with van der Waals surface area (Å²) in [6.45, 7) is 4.08. The van der Waals surface area contributed by atoms with E-state index >= 15 is 0 Å². The molecule has 9 nitrogen and oxygen atoms in total. The second kappa shape index (κ2) is 15.9. The van der Waals surface area contributed by atoms with Crippen LogP contribution in [0.3, 0.4) is 0 Å². The van der Waals surface area contributed by atoms with Crippen molar-refractivity contribution in [3.63, 3.8) is 0 Å². The minimum absolute atomic E-state index is 0.121. The van der Waals surface area contributed by atoms with Gasteiger partial charge < -0.3 is 19.5 Å². The maximum absolute atomic E-state index is 13.0. The van der Waals surface area contributed by atoms with Crippen LogP contribution in [-0.2, 0) is 22.6 Å². The van der Waals surface area contributed by atoms with Gasteiger partial charge in [-0.2, -0.15) is 0 Å². The molecule has 0 bridgehead atoms. The summed E-state index contributed by atoms with van der Waals surface area (Å²) in [5.74, 6) is 2.49. The fraction of sp³-hybridized carbons (Fsp3) is 0.326. The second-order valence-electron chi connectivity index (χ2n) is 14.4. The maximum Gasteiger partial charge on any atom is 0.255 e. The molecule has 2 N–H and O–H groups in total. The van der Waals surface area contributed by atoms with Gasteiger partial charge in [-0.15, -0.1) is 11.3 Å². The standard InChI is InChI=1S/C43H42BrN3O6S/c44-31-7-5-29(6-8-31)41-40(36-15-9-32(48)25-38(36)54-41)53-34-12-10-33(11-13-34)52-23-22-46-20-18-27(19-21-46)2-1-3-28-4-14-35-30(24-28)26-47(43(35)51)37-16-17-39(49)45-42(37)50/h4-15,24-25,27,37,48H,1-3,16-23,26H2,(H,45,49,50). The lowest BCUT2D eigenvalue weighted by Gasteiger charge is -2.31. The predicted octanol–water partition coefficient (Wildman–Crippen LogP) is 8.70. The van der Waals surface area contributed by atoms with Crippen molar-refractivity contribution in [3.05, 3.63) is 106 Å². The number of phenolic OH excluding ortho intramolecular Hbond substituents is 1. The SMILES string of the molecule is O=C1CCC(N2Cc3cc(CCCC4CCN(CCOc5ccc(Oc6c(-c7ccc(Br)cc7)sc7cc(O)ccc67)cc5)CC4)ccc3C2=O)C(=O)N1. The molecule has 3 aliphatic rings. The highest BCUT2D eigenvalue weighted by atomic mass is 79.9. The number of carbonyl (C=O) groups excluding carboxylic acids is 3. The highest BCUT2D eigenvalue weighted by Gasteiger charge is 2.39. The van der Waals surface area contributed by atoms with Crippen LogP contribution < -0.4 is 14.8 Å². The molecule has 1 aromatic heterocycles. The lowest BCUT2D eigenvalue weighted by Crippen LogP contribution is -2.52. The summed E-state index contributed by atoms with van der Waals surface area (Å²) < 4.78 is 14.6. The zero-order valence-electron chi connectivity index (χ0n) is 29.9. The molecular weight excluding hydrogens is 766 g/mol. The quantitative estimate of drug-likeness (QED) is 0.122. The summed E-state index contributed by atoms with van der Waals surface area (Å²) in [4.78, 5) is 42.1. The molecule has 54 heavy (non-hydrogen) atoms. The number of fused-ring (bicyclic) bond motifs is 2. The van der Waals surface area contributed by atoms with Crippen LogP contribution in [0.1, 0.15) is 60.0 Å². The lowest BCUT2D eigenvalue weighted by atomic mass is 9.90. The van der Waals surface area contributed by atoms with E-state index in [4.69, 9.17) is 9.47 Å². The first kappa shape index (κ1) is 36.3.